The Balaban J connectivity index is 1.60. The van der Waals surface area contributed by atoms with Crippen molar-refractivity contribution in [1.29, 1.82) is 0 Å². The third-order valence-corrected chi connectivity index (χ3v) is 6.87. The van der Waals surface area contributed by atoms with E-state index in [2.05, 4.69) is 10.6 Å². The fourth-order valence-electron chi connectivity index (χ4n) is 3.88. The van der Waals surface area contributed by atoms with Gasteiger partial charge in [-0.3, -0.25) is 20.2 Å². The summed E-state index contributed by atoms with van der Waals surface area (Å²) >= 11 is 1.22. The number of amides is 3. The molecule has 3 rings (SSSR count). The summed E-state index contributed by atoms with van der Waals surface area (Å²) in [7, 11) is 0. The smallest absolute Gasteiger partial charge is 0.325 e. The van der Waals surface area contributed by atoms with Crippen molar-refractivity contribution >= 4 is 40.3 Å². The van der Waals surface area contributed by atoms with Gasteiger partial charge in [0.05, 0.1) is 17.8 Å². The second-order valence-corrected chi connectivity index (χ2v) is 11.0. The summed E-state index contributed by atoms with van der Waals surface area (Å²) in [6.45, 7) is 6.56. The maximum absolute atomic E-state index is 12.7. The molecule has 0 spiro atoms. The first-order chi connectivity index (χ1) is 17.5. The number of anilines is 1. The van der Waals surface area contributed by atoms with E-state index in [-0.39, 0.29) is 29.8 Å². The van der Waals surface area contributed by atoms with E-state index in [1.54, 1.807) is 6.07 Å². The molecule has 9 nitrogen and oxygen atoms in total. The molecule has 200 valence electrons. The number of esters is 1. The van der Waals surface area contributed by atoms with E-state index in [1.807, 2.05) is 57.2 Å². The second-order valence-electron chi connectivity index (χ2n) is 9.96. The van der Waals surface area contributed by atoms with Crippen LogP contribution in [0.25, 0.3) is 16.5 Å². The van der Waals surface area contributed by atoms with Gasteiger partial charge in [-0.05, 0) is 63.6 Å². The van der Waals surface area contributed by atoms with Crippen molar-refractivity contribution in [2.45, 2.75) is 64.2 Å². The number of nitrogens with two attached hydrogens (primary N) is 2. The molecular formula is C27H36N4O5S. The van der Waals surface area contributed by atoms with Gasteiger partial charge in [-0.1, -0.05) is 36.4 Å². The maximum atomic E-state index is 12.7. The van der Waals surface area contributed by atoms with Crippen LogP contribution in [0.15, 0.2) is 36.4 Å². The van der Waals surface area contributed by atoms with E-state index < -0.39 is 18.0 Å². The van der Waals surface area contributed by atoms with E-state index in [0.29, 0.717) is 11.5 Å². The highest BCUT2D eigenvalue weighted by atomic mass is 32.1. The highest BCUT2D eigenvalue weighted by molar-refractivity contribution is 7.20. The van der Waals surface area contributed by atoms with Crippen LogP contribution < -0.4 is 22.1 Å². The minimum Gasteiger partial charge on any atom is -0.461 e. The summed E-state index contributed by atoms with van der Waals surface area (Å²) < 4.78 is 11.5. The Hall–Kier alpha value is -3.21. The van der Waals surface area contributed by atoms with Crippen LogP contribution in [0.5, 0.6) is 0 Å². The van der Waals surface area contributed by atoms with Gasteiger partial charge < -0.3 is 20.9 Å². The third-order valence-electron chi connectivity index (χ3n) is 5.77. The normalized spacial score (nSPS) is 15.1. The Morgan fingerprint density at radius 3 is 2.41 bits per heavy atom. The first kappa shape index (κ1) is 28.4. The molecule has 0 radical (unpaired) electrons. The van der Waals surface area contributed by atoms with Crippen molar-refractivity contribution in [2.24, 2.45) is 11.5 Å². The summed E-state index contributed by atoms with van der Waals surface area (Å²) in [5, 5.41) is 6.00. The number of hydrogen-bond acceptors (Lipinski definition) is 7. The highest BCUT2D eigenvalue weighted by Gasteiger charge is 2.26. The Labute approximate surface area is 221 Å². The molecule has 1 atom stereocenters. The molecule has 0 saturated heterocycles. The van der Waals surface area contributed by atoms with E-state index in [0.717, 1.165) is 41.7 Å². The molecule has 0 unspecified atom stereocenters. The van der Waals surface area contributed by atoms with E-state index in [1.165, 1.54) is 11.3 Å². The van der Waals surface area contributed by atoms with Gasteiger partial charge in [0.1, 0.15) is 17.1 Å². The average Bonchev–Trinajstić information content (AvgIpc) is 3.48. The Morgan fingerprint density at radius 1 is 1.14 bits per heavy atom. The lowest BCUT2D eigenvalue weighted by Crippen LogP contribution is -2.44. The van der Waals surface area contributed by atoms with Crippen molar-refractivity contribution in [3.8, 4) is 10.4 Å². The molecule has 1 aromatic heterocycles. The monoisotopic (exact) mass is 528 g/mol. The Morgan fingerprint density at radius 2 is 1.81 bits per heavy atom. The molecule has 10 heteroatoms. The summed E-state index contributed by atoms with van der Waals surface area (Å²) in [6.07, 6.45) is 7.93. The number of primary amides is 2. The molecule has 1 aliphatic carbocycles. The summed E-state index contributed by atoms with van der Waals surface area (Å²) in [6, 6.07) is 8.03. The minimum atomic E-state index is -0.760. The lowest BCUT2D eigenvalue weighted by Gasteiger charge is -2.25. The van der Waals surface area contributed by atoms with E-state index >= 15 is 0 Å². The summed E-state index contributed by atoms with van der Waals surface area (Å²) in [5.74, 6) is -0.915. The predicted molar refractivity (Wildman–Crippen MR) is 146 cm³/mol. The van der Waals surface area contributed by atoms with Crippen LogP contribution >= 0.6 is 11.3 Å². The van der Waals surface area contributed by atoms with Crippen LogP contribution in [0.4, 0.5) is 9.80 Å². The fraction of sp³-hybridized carbons (Fsp3) is 0.444. The van der Waals surface area contributed by atoms with Gasteiger partial charge in [0.25, 0.3) is 5.91 Å². The fourth-order valence-corrected chi connectivity index (χ4v) is 4.95. The lowest BCUT2D eigenvalue weighted by atomic mass is 10.1. The van der Waals surface area contributed by atoms with Gasteiger partial charge in [-0.25, -0.2) is 4.79 Å². The number of urea groups is 1. The summed E-state index contributed by atoms with van der Waals surface area (Å²) in [4.78, 5) is 36.4. The SMILES string of the molecule is CC(C)(C)OC[C@H](NCC=Cc1ccc(-c2cc(C(N)=O)c(NC(N)=O)s2)cc1)C(=O)OC1CCCC1. The van der Waals surface area contributed by atoms with Crippen LogP contribution in [0, 0.1) is 0 Å². The van der Waals surface area contributed by atoms with E-state index in [9.17, 15) is 14.4 Å². The number of carbonyl (C=O) groups excluding carboxylic acids is 3. The van der Waals surface area contributed by atoms with Gasteiger partial charge in [0.2, 0.25) is 0 Å². The number of benzene rings is 1. The quantitative estimate of drug-likeness (QED) is 0.320. The van der Waals surface area contributed by atoms with Crippen LogP contribution in [0.1, 0.15) is 62.4 Å². The first-order valence-electron chi connectivity index (χ1n) is 12.4. The summed E-state index contributed by atoms with van der Waals surface area (Å²) in [5.41, 5.74) is 12.3. The van der Waals surface area contributed by atoms with E-state index in [4.69, 9.17) is 20.9 Å². The average molecular weight is 529 g/mol. The number of ether oxygens (including phenoxy) is 2. The van der Waals surface area contributed by atoms with Crippen molar-refractivity contribution in [1.82, 2.24) is 5.32 Å². The molecule has 1 saturated carbocycles. The Bertz CT molecular complexity index is 1110. The molecule has 0 aliphatic heterocycles. The van der Waals surface area contributed by atoms with Crippen molar-refractivity contribution in [3.63, 3.8) is 0 Å². The standard InChI is InChI=1S/C27H36N4O5S/c1-27(2,3)35-16-21(25(33)36-19-8-4-5-9-19)30-14-6-7-17-10-12-18(13-11-17)22-15-20(23(28)32)24(37-22)31-26(29)34/h6-7,10-13,15,19,21,30H,4-5,8-9,14,16H2,1-3H3,(H2,28,32)(H3,29,31,34)/t21-/m0/s1. The minimum absolute atomic E-state index is 0.00513. The zero-order chi connectivity index (χ0) is 27.0. The molecule has 3 amide bonds. The molecule has 6 N–H and O–H groups in total. The molecule has 1 heterocycles. The topological polar surface area (TPSA) is 146 Å². The zero-order valence-corrected chi connectivity index (χ0v) is 22.4. The van der Waals surface area contributed by atoms with Gasteiger partial charge in [0, 0.05) is 11.4 Å². The number of thiophene rings is 1. The molecular weight excluding hydrogens is 492 g/mol. The first-order valence-corrected chi connectivity index (χ1v) is 13.2. The molecule has 1 aromatic carbocycles. The van der Waals surface area contributed by atoms with Crippen molar-refractivity contribution in [3.05, 3.63) is 47.5 Å². The van der Waals surface area contributed by atoms with Crippen LogP contribution in [-0.2, 0) is 14.3 Å². The lowest BCUT2D eigenvalue weighted by molar-refractivity contribution is -0.154. The highest BCUT2D eigenvalue weighted by Crippen LogP contribution is 2.35. The maximum Gasteiger partial charge on any atom is 0.325 e. The number of nitrogens with one attached hydrogen (secondary N) is 2. The molecule has 2 aromatic rings. The number of hydrogen-bond donors (Lipinski definition) is 4. The second kappa shape index (κ2) is 12.8. The predicted octanol–water partition coefficient (Wildman–Crippen LogP) is 4.28. The Kier molecular flexibility index (Phi) is 9.85. The van der Waals surface area contributed by atoms with Crippen molar-refractivity contribution < 1.29 is 23.9 Å². The zero-order valence-electron chi connectivity index (χ0n) is 21.5. The van der Waals surface area contributed by atoms with Gasteiger partial charge in [-0.2, -0.15) is 0 Å². The molecule has 0 bridgehead atoms. The van der Waals surface area contributed by atoms with Crippen LogP contribution in [0.3, 0.4) is 0 Å². The number of rotatable bonds is 11. The molecule has 1 aliphatic rings. The molecule has 1 fully saturated rings. The van der Waals surface area contributed by atoms with Gasteiger partial charge in [-0.15, -0.1) is 11.3 Å². The van der Waals surface area contributed by atoms with Gasteiger partial charge >= 0.3 is 12.0 Å². The molecule has 37 heavy (non-hydrogen) atoms. The van der Waals surface area contributed by atoms with Crippen molar-refractivity contribution in [2.75, 3.05) is 18.5 Å². The third kappa shape index (κ3) is 8.99. The van der Waals surface area contributed by atoms with Crippen LogP contribution in [-0.4, -0.2) is 48.8 Å². The largest absolute Gasteiger partial charge is 0.461 e. The van der Waals surface area contributed by atoms with Gasteiger partial charge in [0.15, 0.2) is 0 Å². The van der Waals surface area contributed by atoms with Crippen LogP contribution in [0.2, 0.25) is 0 Å². The number of carbonyl (C=O) groups is 3.